The highest BCUT2D eigenvalue weighted by atomic mass is 16.5. The lowest BCUT2D eigenvalue weighted by Crippen LogP contribution is -2.30. The van der Waals surface area contributed by atoms with Gasteiger partial charge in [-0.25, -0.2) is 9.97 Å². The Morgan fingerprint density at radius 3 is 2.29 bits per heavy atom. The molecule has 0 aliphatic rings. The molecule has 0 saturated heterocycles. The largest absolute Gasteiger partial charge is 0.382 e. The van der Waals surface area contributed by atoms with Gasteiger partial charge in [0.2, 0.25) is 0 Å². The van der Waals surface area contributed by atoms with Gasteiger partial charge < -0.3 is 10.5 Å². The number of anilines is 1. The number of methoxy groups -OCH3 is 1. The Morgan fingerprint density at radius 2 is 1.94 bits per heavy atom. The minimum Gasteiger partial charge on any atom is -0.382 e. The van der Waals surface area contributed by atoms with Crippen molar-refractivity contribution in [3.8, 4) is 6.07 Å². The van der Waals surface area contributed by atoms with E-state index in [-0.39, 0.29) is 5.82 Å². The van der Waals surface area contributed by atoms with Gasteiger partial charge in [0, 0.05) is 7.11 Å². The van der Waals surface area contributed by atoms with Crippen LogP contribution in [0.5, 0.6) is 0 Å². The summed E-state index contributed by atoms with van der Waals surface area (Å²) in [7, 11) is 1.64. The van der Waals surface area contributed by atoms with Crippen molar-refractivity contribution >= 4 is 5.82 Å². The van der Waals surface area contributed by atoms with E-state index in [2.05, 4.69) is 9.97 Å². The summed E-state index contributed by atoms with van der Waals surface area (Å²) in [5.41, 5.74) is 6.18. The summed E-state index contributed by atoms with van der Waals surface area (Å²) in [4.78, 5) is 8.56. The molecule has 0 aromatic carbocycles. The van der Waals surface area contributed by atoms with Crippen molar-refractivity contribution in [2.75, 3.05) is 12.8 Å². The lowest BCUT2D eigenvalue weighted by Gasteiger charge is -2.28. The van der Waals surface area contributed by atoms with Gasteiger partial charge in [-0.1, -0.05) is 13.8 Å². The van der Waals surface area contributed by atoms with Gasteiger partial charge in [-0.3, -0.25) is 0 Å². The predicted octanol–water partition coefficient (Wildman–Crippen LogP) is 1.90. The van der Waals surface area contributed by atoms with Crippen LogP contribution < -0.4 is 5.73 Å². The Labute approximate surface area is 102 Å². The third-order valence-electron chi connectivity index (χ3n) is 3.17. The molecule has 17 heavy (non-hydrogen) atoms. The van der Waals surface area contributed by atoms with E-state index in [1.165, 1.54) is 0 Å². The molecule has 1 rings (SSSR count). The molecule has 0 unspecified atom stereocenters. The monoisotopic (exact) mass is 234 g/mol. The lowest BCUT2D eigenvalue weighted by molar-refractivity contribution is -0.0291. The first kappa shape index (κ1) is 13.4. The molecular weight excluding hydrogens is 216 g/mol. The third kappa shape index (κ3) is 2.22. The van der Waals surface area contributed by atoms with Crippen LogP contribution in [0, 0.1) is 18.3 Å². The fourth-order valence-electron chi connectivity index (χ4n) is 1.88. The normalized spacial score (nSPS) is 11.2. The second-order valence-corrected chi connectivity index (χ2v) is 3.91. The third-order valence-corrected chi connectivity index (χ3v) is 3.17. The molecule has 5 heteroatoms. The molecule has 1 aromatic heterocycles. The zero-order chi connectivity index (χ0) is 13.1. The van der Waals surface area contributed by atoms with Crippen molar-refractivity contribution in [1.82, 2.24) is 9.97 Å². The summed E-state index contributed by atoms with van der Waals surface area (Å²) in [5.74, 6) is 0.775. The highest BCUT2D eigenvalue weighted by Gasteiger charge is 2.32. The van der Waals surface area contributed by atoms with Gasteiger partial charge in [0.1, 0.15) is 23.1 Å². The molecule has 0 fully saturated rings. The van der Waals surface area contributed by atoms with Crippen LogP contribution in [0.4, 0.5) is 5.82 Å². The standard InChI is InChI=1S/C12H18N4O/c1-5-12(6-2,17-4)11-15-8(3)9(7-13)10(14)16-11/h5-6H2,1-4H3,(H2,14,15,16). The van der Waals surface area contributed by atoms with Crippen LogP contribution in [0.15, 0.2) is 0 Å². The quantitative estimate of drug-likeness (QED) is 0.860. The minimum atomic E-state index is -0.521. The van der Waals surface area contributed by atoms with Crippen LogP contribution in [0.1, 0.15) is 43.8 Å². The molecule has 5 nitrogen and oxygen atoms in total. The van der Waals surface area contributed by atoms with Crippen molar-refractivity contribution in [3.63, 3.8) is 0 Å². The second kappa shape index (κ2) is 5.11. The number of hydrogen-bond donors (Lipinski definition) is 1. The zero-order valence-electron chi connectivity index (χ0n) is 10.7. The summed E-state index contributed by atoms with van der Waals surface area (Å²) >= 11 is 0. The highest BCUT2D eigenvalue weighted by molar-refractivity contribution is 5.50. The van der Waals surface area contributed by atoms with Crippen LogP contribution >= 0.6 is 0 Å². The maximum atomic E-state index is 8.92. The van der Waals surface area contributed by atoms with E-state index in [4.69, 9.17) is 15.7 Å². The van der Waals surface area contributed by atoms with Gasteiger partial charge in [0.05, 0.1) is 5.69 Å². The van der Waals surface area contributed by atoms with E-state index in [0.29, 0.717) is 17.1 Å². The number of aryl methyl sites for hydroxylation is 1. The van der Waals surface area contributed by atoms with Crippen LogP contribution in [0.3, 0.4) is 0 Å². The van der Waals surface area contributed by atoms with Crippen LogP contribution in [-0.2, 0) is 10.3 Å². The number of nitrogens with two attached hydrogens (primary N) is 1. The van der Waals surface area contributed by atoms with E-state index in [0.717, 1.165) is 12.8 Å². The molecule has 0 aliphatic carbocycles. The number of nitriles is 1. The summed E-state index contributed by atoms with van der Waals surface area (Å²) < 4.78 is 5.54. The van der Waals surface area contributed by atoms with Crippen LogP contribution in [0.2, 0.25) is 0 Å². The molecule has 0 radical (unpaired) electrons. The van der Waals surface area contributed by atoms with Crippen molar-refractivity contribution < 1.29 is 4.74 Å². The van der Waals surface area contributed by atoms with Gasteiger partial charge in [-0.05, 0) is 19.8 Å². The molecule has 0 saturated carbocycles. The summed E-state index contributed by atoms with van der Waals surface area (Å²) in [6, 6.07) is 2.01. The topological polar surface area (TPSA) is 84.8 Å². The van der Waals surface area contributed by atoms with E-state index in [1.807, 2.05) is 19.9 Å². The van der Waals surface area contributed by atoms with Gasteiger partial charge in [0.25, 0.3) is 0 Å². The molecule has 0 atom stereocenters. The molecule has 2 N–H and O–H groups in total. The Bertz CT molecular complexity index is 415. The average Bonchev–Trinajstić information content (AvgIpc) is 2.32. The molecule has 0 spiro atoms. The van der Waals surface area contributed by atoms with Gasteiger partial charge in [-0.2, -0.15) is 5.26 Å². The summed E-state index contributed by atoms with van der Waals surface area (Å²) in [6.07, 6.45) is 1.51. The van der Waals surface area contributed by atoms with Gasteiger partial charge >= 0.3 is 0 Å². The number of nitrogen functional groups attached to an aromatic ring is 1. The number of aromatic nitrogens is 2. The number of nitrogens with zero attached hydrogens (tertiary/aromatic N) is 3. The van der Waals surface area contributed by atoms with E-state index in [1.54, 1.807) is 14.0 Å². The fraction of sp³-hybridized carbons (Fsp3) is 0.583. The SMILES string of the molecule is CCC(CC)(OC)c1nc(C)c(C#N)c(N)n1. The smallest absolute Gasteiger partial charge is 0.162 e. The van der Waals surface area contributed by atoms with Crippen molar-refractivity contribution in [2.24, 2.45) is 0 Å². The molecule has 0 amide bonds. The summed E-state index contributed by atoms with van der Waals surface area (Å²) in [6.45, 7) is 5.78. The zero-order valence-corrected chi connectivity index (χ0v) is 10.7. The van der Waals surface area contributed by atoms with E-state index >= 15 is 0 Å². The van der Waals surface area contributed by atoms with Crippen LogP contribution in [0.25, 0.3) is 0 Å². The van der Waals surface area contributed by atoms with Gasteiger partial charge in [0.15, 0.2) is 5.82 Å². The Balaban J connectivity index is 3.38. The Hall–Kier alpha value is -1.67. The molecule has 0 aliphatic heterocycles. The Morgan fingerprint density at radius 1 is 1.35 bits per heavy atom. The van der Waals surface area contributed by atoms with Crippen molar-refractivity contribution in [1.29, 1.82) is 5.26 Å². The fourth-order valence-corrected chi connectivity index (χ4v) is 1.88. The number of ether oxygens (including phenoxy) is 1. The summed E-state index contributed by atoms with van der Waals surface area (Å²) in [5, 5.41) is 8.92. The average molecular weight is 234 g/mol. The highest BCUT2D eigenvalue weighted by Crippen LogP contribution is 2.31. The first-order valence-electron chi connectivity index (χ1n) is 5.64. The Kier molecular flexibility index (Phi) is 4.02. The minimum absolute atomic E-state index is 0.221. The second-order valence-electron chi connectivity index (χ2n) is 3.91. The first-order chi connectivity index (χ1) is 8.04. The van der Waals surface area contributed by atoms with E-state index in [9.17, 15) is 0 Å². The first-order valence-corrected chi connectivity index (χ1v) is 5.64. The lowest BCUT2D eigenvalue weighted by atomic mass is 9.95. The molecule has 92 valence electrons. The van der Waals surface area contributed by atoms with Gasteiger partial charge in [-0.15, -0.1) is 0 Å². The maximum Gasteiger partial charge on any atom is 0.162 e. The predicted molar refractivity (Wildman–Crippen MR) is 65.2 cm³/mol. The molecule has 1 heterocycles. The van der Waals surface area contributed by atoms with Crippen LogP contribution in [-0.4, -0.2) is 17.1 Å². The molecular formula is C12H18N4O. The number of rotatable bonds is 4. The maximum absolute atomic E-state index is 8.92. The molecule has 1 aromatic rings. The van der Waals surface area contributed by atoms with Crippen molar-refractivity contribution in [2.45, 2.75) is 39.2 Å². The number of hydrogen-bond acceptors (Lipinski definition) is 5. The molecule has 0 bridgehead atoms. The van der Waals surface area contributed by atoms with Crippen molar-refractivity contribution in [3.05, 3.63) is 17.1 Å². The van der Waals surface area contributed by atoms with E-state index < -0.39 is 5.60 Å².